The molecule has 84 valence electrons. The summed E-state index contributed by atoms with van der Waals surface area (Å²) in [6.07, 6.45) is 2.69. The zero-order valence-electron chi connectivity index (χ0n) is 8.85. The van der Waals surface area contributed by atoms with Crippen LogP contribution in [0.15, 0.2) is 4.52 Å². The number of hydrogen-bond acceptors (Lipinski definition) is 5. The first kappa shape index (κ1) is 11.0. The van der Waals surface area contributed by atoms with Crippen LogP contribution >= 0.6 is 11.8 Å². The van der Waals surface area contributed by atoms with Crippen molar-refractivity contribution in [2.45, 2.75) is 32.3 Å². The smallest absolute Gasteiger partial charge is 0.227 e. The van der Waals surface area contributed by atoms with Crippen LogP contribution in [0.2, 0.25) is 0 Å². The Morgan fingerprint density at radius 3 is 2.87 bits per heavy atom. The lowest BCUT2D eigenvalue weighted by Crippen LogP contribution is -2.12. The molecule has 2 heterocycles. The van der Waals surface area contributed by atoms with Gasteiger partial charge in [0.25, 0.3) is 0 Å². The van der Waals surface area contributed by atoms with Crippen LogP contribution in [0.5, 0.6) is 0 Å². The molecule has 2 rings (SSSR count). The molecule has 0 saturated carbocycles. The Hall–Kier alpha value is -0.550. The van der Waals surface area contributed by atoms with Gasteiger partial charge in [0, 0.05) is 6.42 Å². The molecule has 0 aliphatic carbocycles. The molecule has 1 aliphatic rings. The molecule has 1 aromatic rings. The van der Waals surface area contributed by atoms with E-state index in [0.717, 1.165) is 6.42 Å². The summed E-state index contributed by atoms with van der Waals surface area (Å²) < 4.78 is 5.10. The van der Waals surface area contributed by atoms with E-state index in [2.05, 4.69) is 10.1 Å². The second-order valence-electron chi connectivity index (χ2n) is 3.98. The van der Waals surface area contributed by atoms with Gasteiger partial charge in [0.1, 0.15) is 6.10 Å². The summed E-state index contributed by atoms with van der Waals surface area (Å²) in [5, 5.41) is 13.0. The van der Waals surface area contributed by atoms with Gasteiger partial charge in [-0.1, -0.05) is 5.16 Å². The van der Waals surface area contributed by atoms with Gasteiger partial charge in [-0.15, -0.1) is 0 Å². The van der Waals surface area contributed by atoms with Crippen molar-refractivity contribution in [3.8, 4) is 0 Å². The Labute approximate surface area is 93.4 Å². The molecule has 0 amide bonds. The summed E-state index contributed by atoms with van der Waals surface area (Å²) in [5.74, 6) is 4.22. The van der Waals surface area contributed by atoms with E-state index in [4.69, 9.17) is 4.52 Å². The van der Waals surface area contributed by atoms with E-state index in [0.29, 0.717) is 17.6 Å². The zero-order chi connectivity index (χ0) is 10.7. The van der Waals surface area contributed by atoms with Crippen LogP contribution < -0.4 is 0 Å². The monoisotopic (exact) mass is 228 g/mol. The fourth-order valence-electron chi connectivity index (χ4n) is 1.72. The maximum atomic E-state index is 9.25. The van der Waals surface area contributed by atoms with Crippen LogP contribution in [-0.2, 0) is 6.42 Å². The van der Waals surface area contributed by atoms with Crippen molar-refractivity contribution in [3.63, 3.8) is 0 Å². The second-order valence-corrected chi connectivity index (χ2v) is 5.21. The maximum Gasteiger partial charge on any atom is 0.227 e. The number of hydrogen-bond donors (Lipinski definition) is 1. The fourth-order valence-corrected chi connectivity index (χ4v) is 2.92. The van der Waals surface area contributed by atoms with Gasteiger partial charge in [0.05, 0.1) is 0 Å². The molecule has 4 nitrogen and oxygen atoms in total. The van der Waals surface area contributed by atoms with E-state index in [9.17, 15) is 5.11 Å². The van der Waals surface area contributed by atoms with Crippen molar-refractivity contribution in [1.29, 1.82) is 0 Å². The number of aliphatic hydroxyl groups excluding tert-OH is 1. The minimum atomic E-state index is -0.635. The summed E-state index contributed by atoms with van der Waals surface area (Å²) in [6, 6.07) is 0. The number of thioether (sulfide) groups is 1. The Balaban J connectivity index is 1.91. The average molecular weight is 228 g/mol. The molecule has 0 radical (unpaired) electrons. The van der Waals surface area contributed by atoms with Crippen molar-refractivity contribution < 1.29 is 9.63 Å². The van der Waals surface area contributed by atoms with Gasteiger partial charge < -0.3 is 9.63 Å². The van der Waals surface area contributed by atoms with Gasteiger partial charge in [-0.2, -0.15) is 16.7 Å². The van der Waals surface area contributed by atoms with E-state index in [-0.39, 0.29) is 0 Å². The third kappa shape index (κ3) is 2.95. The van der Waals surface area contributed by atoms with E-state index in [1.54, 1.807) is 6.92 Å². The lowest BCUT2D eigenvalue weighted by Gasteiger charge is -2.19. The maximum absolute atomic E-state index is 9.25. The molecule has 1 N–H and O–H groups in total. The minimum Gasteiger partial charge on any atom is -0.385 e. The number of rotatable bonds is 3. The molecule has 1 saturated heterocycles. The normalized spacial score (nSPS) is 20.4. The molecule has 0 spiro atoms. The van der Waals surface area contributed by atoms with Crippen molar-refractivity contribution in [2.75, 3.05) is 11.5 Å². The number of nitrogens with zero attached hydrogens (tertiary/aromatic N) is 2. The molecule has 1 unspecified atom stereocenters. The summed E-state index contributed by atoms with van der Waals surface area (Å²) >= 11 is 2.01. The Morgan fingerprint density at radius 1 is 1.53 bits per heavy atom. The van der Waals surface area contributed by atoms with Crippen molar-refractivity contribution in [2.24, 2.45) is 5.92 Å². The number of aromatic nitrogens is 2. The van der Waals surface area contributed by atoms with Gasteiger partial charge in [0.15, 0.2) is 5.82 Å². The SMILES string of the molecule is CC(O)c1noc(CC2CCSCC2)n1. The first-order valence-corrected chi connectivity index (χ1v) is 6.49. The molecule has 1 fully saturated rings. The topological polar surface area (TPSA) is 59.2 Å². The van der Waals surface area contributed by atoms with Crippen molar-refractivity contribution in [3.05, 3.63) is 11.7 Å². The second kappa shape index (κ2) is 4.99. The highest BCUT2D eigenvalue weighted by Gasteiger charge is 2.18. The summed E-state index contributed by atoms with van der Waals surface area (Å²) in [7, 11) is 0. The predicted octanol–water partition coefficient (Wildman–Crippen LogP) is 1.81. The lowest BCUT2D eigenvalue weighted by atomic mass is 9.99. The first-order valence-electron chi connectivity index (χ1n) is 5.34. The van der Waals surface area contributed by atoms with Crippen LogP contribution in [0.1, 0.15) is 37.6 Å². The van der Waals surface area contributed by atoms with Crippen LogP contribution in [0, 0.1) is 5.92 Å². The lowest BCUT2D eigenvalue weighted by molar-refractivity contribution is 0.184. The third-order valence-corrected chi connectivity index (χ3v) is 3.71. The number of aliphatic hydroxyl groups is 1. The molecule has 1 atom stereocenters. The Morgan fingerprint density at radius 2 is 2.27 bits per heavy atom. The van der Waals surface area contributed by atoms with Gasteiger partial charge in [-0.05, 0) is 37.2 Å². The van der Waals surface area contributed by atoms with Crippen molar-refractivity contribution >= 4 is 11.8 Å². The molecular weight excluding hydrogens is 212 g/mol. The predicted molar refractivity (Wildman–Crippen MR) is 58.7 cm³/mol. The van der Waals surface area contributed by atoms with Gasteiger partial charge in [-0.3, -0.25) is 0 Å². The third-order valence-electron chi connectivity index (χ3n) is 2.66. The molecule has 5 heteroatoms. The van der Waals surface area contributed by atoms with E-state index >= 15 is 0 Å². The molecule has 1 aromatic heterocycles. The Bertz CT molecular complexity index is 308. The van der Waals surface area contributed by atoms with E-state index in [1.165, 1.54) is 24.3 Å². The van der Waals surface area contributed by atoms with Crippen molar-refractivity contribution in [1.82, 2.24) is 10.1 Å². The molecule has 15 heavy (non-hydrogen) atoms. The summed E-state index contributed by atoms with van der Waals surface area (Å²) in [5.41, 5.74) is 0. The van der Waals surface area contributed by atoms with Crippen LogP contribution in [0.3, 0.4) is 0 Å². The highest BCUT2D eigenvalue weighted by atomic mass is 32.2. The van der Waals surface area contributed by atoms with Gasteiger partial charge in [0.2, 0.25) is 5.89 Å². The quantitative estimate of drug-likeness (QED) is 0.855. The van der Waals surface area contributed by atoms with E-state index < -0.39 is 6.10 Å². The average Bonchev–Trinajstić information content (AvgIpc) is 2.68. The minimum absolute atomic E-state index is 0.398. The molecular formula is C10H16N2O2S. The highest BCUT2D eigenvalue weighted by Crippen LogP contribution is 2.25. The molecule has 0 aromatic carbocycles. The van der Waals surface area contributed by atoms with E-state index in [1.807, 2.05) is 11.8 Å². The first-order chi connectivity index (χ1) is 7.25. The Kier molecular flexibility index (Phi) is 3.64. The van der Waals surface area contributed by atoms with Gasteiger partial charge >= 0.3 is 0 Å². The van der Waals surface area contributed by atoms with Crippen LogP contribution in [0.25, 0.3) is 0 Å². The fraction of sp³-hybridized carbons (Fsp3) is 0.800. The van der Waals surface area contributed by atoms with Crippen LogP contribution in [0.4, 0.5) is 0 Å². The summed E-state index contributed by atoms with van der Waals surface area (Å²) in [6.45, 7) is 1.64. The molecule has 0 bridgehead atoms. The largest absolute Gasteiger partial charge is 0.385 e. The molecule has 1 aliphatic heterocycles. The highest BCUT2D eigenvalue weighted by molar-refractivity contribution is 7.99. The van der Waals surface area contributed by atoms with Crippen LogP contribution in [-0.4, -0.2) is 26.8 Å². The standard InChI is InChI=1S/C10H16N2O2S/c1-7(13)10-11-9(14-12-10)6-8-2-4-15-5-3-8/h7-8,13H,2-6H2,1H3. The summed E-state index contributed by atoms with van der Waals surface area (Å²) in [4.78, 5) is 4.17. The zero-order valence-corrected chi connectivity index (χ0v) is 9.66. The van der Waals surface area contributed by atoms with Gasteiger partial charge in [-0.25, -0.2) is 0 Å².